The van der Waals surface area contributed by atoms with Gasteiger partial charge in [0.2, 0.25) is 0 Å². The van der Waals surface area contributed by atoms with Gasteiger partial charge in [-0.05, 0) is 60.4 Å². The Morgan fingerprint density at radius 3 is 2.61 bits per heavy atom. The van der Waals surface area contributed by atoms with Gasteiger partial charge in [0.15, 0.2) is 0 Å². The number of aromatic nitrogens is 2. The Morgan fingerprint density at radius 2 is 1.97 bits per heavy atom. The van der Waals surface area contributed by atoms with E-state index in [1.165, 1.54) is 12.1 Å². The predicted octanol–water partition coefficient (Wildman–Crippen LogP) is 4.77. The highest BCUT2D eigenvalue weighted by atomic mass is 35.5. The summed E-state index contributed by atoms with van der Waals surface area (Å²) in [6.07, 6.45) is 5.92. The van der Waals surface area contributed by atoms with Crippen LogP contribution >= 0.6 is 35.0 Å². The maximum atomic E-state index is 12.7. The number of rotatable bonds is 9. The molecular formula is C22H21Cl2N3O3S. The highest BCUT2D eigenvalue weighted by Gasteiger charge is 2.23. The monoisotopic (exact) mass is 477 g/mol. The summed E-state index contributed by atoms with van der Waals surface area (Å²) in [6, 6.07) is 13.2. The highest BCUT2D eigenvalue weighted by Crippen LogP contribution is 2.21. The van der Waals surface area contributed by atoms with Gasteiger partial charge in [-0.25, -0.2) is 9.48 Å². The van der Waals surface area contributed by atoms with E-state index in [0.29, 0.717) is 17.2 Å². The van der Waals surface area contributed by atoms with Crippen molar-refractivity contribution in [3.63, 3.8) is 0 Å². The van der Waals surface area contributed by atoms with E-state index in [-0.39, 0.29) is 17.2 Å². The topological polar surface area (TPSA) is 73.2 Å². The Hall–Kier alpha value is -2.48. The Labute approximate surface area is 194 Å². The van der Waals surface area contributed by atoms with Crippen molar-refractivity contribution in [2.45, 2.75) is 19.1 Å². The summed E-state index contributed by atoms with van der Waals surface area (Å²) in [7, 11) is 0. The number of amides is 1. The van der Waals surface area contributed by atoms with Crippen molar-refractivity contribution in [2.75, 3.05) is 12.0 Å². The number of carbonyl (C=O) groups is 2. The number of thioether (sulfide) groups is 1. The van der Waals surface area contributed by atoms with Gasteiger partial charge in [0.1, 0.15) is 12.6 Å². The zero-order valence-corrected chi connectivity index (χ0v) is 19.1. The molecule has 0 aliphatic heterocycles. The number of hydrogen-bond donors (Lipinski definition) is 1. The molecule has 1 N–H and O–H groups in total. The normalized spacial score (nSPS) is 11.7. The first kappa shape index (κ1) is 23.2. The van der Waals surface area contributed by atoms with Crippen LogP contribution in [0.4, 0.5) is 0 Å². The first-order valence-corrected chi connectivity index (χ1v) is 11.6. The molecule has 0 radical (unpaired) electrons. The number of hydrogen-bond acceptors (Lipinski definition) is 5. The fraction of sp³-hybridized carbons (Fsp3) is 0.227. The van der Waals surface area contributed by atoms with Gasteiger partial charge in [-0.3, -0.25) is 4.79 Å². The second-order valence-corrected chi connectivity index (χ2v) is 8.49. The molecule has 9 heteroatoms. The van der Waals surface area contributed by atoms with E-state index in [2.05, 4.69) is 10.4 Å². The minimum absolute atomic E-state index is 0.103. The fourth-order valence-corrected chi connectivity index (χ4v) is 3.78. The predicted molar refractivity (Wildman–Crippen MR) is 124 cm³/mol. The molecule has 0 saturated heterocycles. The minimum atomic E-state index is -0.782. The number of esters is 1. The third-order valence-electron chi connectivity index (χ3n) is 4.46. The summed E-state index contributed by atoms with van der Waals surface area (Å²) in [5, 5.41) is 7.55. The zero-order chi connectivity index (χ0) is 22.2. The Morgan fingerprint density at radius 1 is 1.19 bits per heavy atom. The zero-order valence-electron chi connectivity index (χ0n) is 16.8. The average Bonchev–Trinajstić information content (AvgIpc) is 3.30. The van der Waals surface area contributed by atoms with E-state index in [4.69, 9.17) is 27.9 Å². The number of nitrogens with one attached hydrogen (secondary N) is 1. The van der Waals surface area contributed by atoms with Crippen LogP contribution in [0.25, 0.3) is 5.69 Å². The smallest absolute Gasteiger partial charge is 0.329 e. The molecule has 1 unspecified atom stereocenters. The molecule has 1 heterocycles. The lowest BCUT2D eigenvalue weighted by Crippen LogP contribution is -2.42. The quantitative estimate of drug-likeness (QED) is 0.449. The molecule has 162 valence electrons. The largest absolute Gasteiger partial charge is 0.459 e. The molecule has 6 nitrogen and oxygen atoms in total. The SMILES string of the molecule is CSCCC(NC(=O)c1ccc(Cl)cc1Cl)C(=O)OCc1ccc(-n2cccn2)cc1. The first-order chi connectivity index (χ1) is 15.0. The molecule has 0 aliphatic rings. The van der Waals surface area contributed by atoms with E-state index in [1.54, 1.807) is 28.7 Å². The molecule has 0 saturated carbocycles. The van der Waals surface area contributed by atoms with E-state index < -0.39 is 17.9 Å². The molecule has 1 aromatic heterocycles. The van der Waals surface area contributed by atoms with E-state index in [9.17, 15) is 9.59 Å². The fourth-order valence-electron chi connectivity index (χ4n) is 2.82. The van der Waals surface area contributed by atoms with Crippen molar-refractivity contribution < 1.29 is 14.3 Å². The molecule has 0 aliphatic carbocycles. The number of carbonyl (C=O) groups excluding carboxylic acids is 2. The Kier molecular flexibility index (Phi) is 8.40. The number of benzene rings is 2. The molecular weight excluding hydrogens is 457 g/mol. The van der Waals surface area contributed by atoms with Gasteiger partial charge in [-0.15, -0.1) is 0 Å². The summed E-state index contributed by atoms with van der Waals surface area (Å²) < 4.78 is 7.21. The third-order valence-corrected chi connectivity index (χ3v) is 5.65. The van der Waals surface area contributed by atoms with Gasteiger partial charge >= 0.3 is 5.97 Å². The molecule has 31 heavy (non-hydrogen) atoms. The van der Waals surface area contributed by atoms with E-state index in [0.717, 1.165) is 11.3 Å². The summed E-state index contributed by atoms with van der Waals surface area (Å²) in [4.78, 5) is 25.3. The number of halogens is 2. The molecule has 0 spiro atoms. The standard InChI is InChI=1S/C22H21Cl2N3O3S/c1-31-12-9-20(26-21(28)18-8-5-16(23)13-19(18)24)22(29)30-14-15-3-6-17(7-4-15)27-11-2-10-25-27/h2-8,10-11,13,20H,9,12,14H2,1H3,(H,26,28). The Bertz CT molecular complexity index is 1030. The second-order valence-electron chi connectivity index (χ2n) is 6.66. The summed E-state index contributed by atoms with van der Waals surface area (Å²) >= 11 is 13.6. The lowest BCUT2D eigenvalue weighted by molar-refractivity contribution is -0.147. The van der Waals surface area contributed by atoms with Crippen LogP contribution < -0.4 is 5.32 Å². The lowest BCUT2D eigenvalue weighted by atomic mass is 10.1. The van der Waals surface area contributed by atoms with Crippen LogP contribution in [-0.4, -0.2) is 39.7 Å². The molecule has 3 aromatic rings. The van der Waals surface area contributed by atoms with Crippen LogP contribution in [-0.2, 0) is 16.1 Å². The number of ether oxygens (including phenoxy) is 1. The third kappa shape index (κ3) is 6.50. The van der Waals surface area contributed by atoms with Crippen LogP contribution in [0.15, 0.2) is 60.9 Å². The second kappa shape index (κ2) is 11.2. The number of nitrogens with zero attached hydrogens (tertiary/aromatic N) is 2. The summed E-state index contributed by atoms with van der Waals surface area (Å²) in [6.45, 7) is 0.103. The summed E-state index contributed by atoms with van der Waals surface area (Å²) in [5.41, 5.74) is 1.99. The average molecular weight is 478 g/mol. The summed E-state index contributed by atoms with van der Waals surface area (Å²) in [5.74, 6) is -0.260. The van der Waals surface area contributed by atoms with Crippen molar-refractivity contribution in [2.24, 2.45) is 0 Å². The molecule has 0 fully saturated rings. The minimum Gasteiger partial charge on any atom is -0.459 e. The van der Waals surface area contributed by atoms with E-state index in [1.807, 2.05) is 42.8 Å². The van der Waals surface area contributed by atoms with Gasteiger partial charge in [-0.2, -0.15) is 16.9 Å². The first-order valence-electron chi connectivity index (χ1n) is 9.48. The molecule has 2 aromatic carbocycles. The van der Waals surface area contributed by atoms with Gasteiger partial charge in [-0.1, -0.05) is 35.3 Å². The van der Waals surface area contributed by atoms with E-state index >= 15 is 0 Å². The van der Waals surface area contributed by atoms with Crippen LogP contribution in [0.5, 0.6) is 0 Å². The lowest BCUT2D eigenvalue weighted by Gasteiger charge is -2.18. The maximum Gasteiger partial charge on any atom is 0.329 e. The van der Waals surface area contributed by atoms with Crippen molar-refractivity contribution >= 4 is 46.8 Å². The van der Waals surface area contributed by atoms with Crippen molar-refractivity contribution in [3.05, 3.63) is 82.1 Å². The molecule has 1 amide bonds. The molecule has 3 rings (SSSR count). The van der Waals surface area contributed by atoms with Gasteiger partial charge in [0, 0.05) is 17.4 Å². The van der Waals surface area contributed by atoms with Crippen LogP contribution in [0.3, 0.4) is 0 Å². The van der Waals surface area contributed by atoms with Crippen LogP contribution in [0.2, 0.25) is 10.0 Å². The molecule has 0 bridgehead atoms. The van der Waals surface area contributed by atoms with Gasteiger partial charge < -0.3 is 10.1 Å². The van der Waals surface area contributed by atoms with Gasteiger partial charge in [0.05, 0.1) is 16.3 Å². The Balaban J connectivity index is 1.62. The van der Waals surface area contributed by atoms with Crippen molar-refractivity contribution in [1.82, 2.24) is 15.1 Å². The maximum absolute atomic E-state index is 12.7. The van der Waals surface area contributed by atoms with Gasteiger partial charge in [0.25, 0.3) is 5.91 Å². The van der Waals surface area contributed by atoms with Crippen LogP contribution in [0.1, 0.15) is 22.3 Å². The highest BCUT2D eigenvalue weighted by molar-refractivity contribution is 7.98. The van der Waals surface area contributed by atoms with Crippen molar-refractivity contribution in [1.29, 1.82) is 0 Å². The molecule has 1 atom stereocenters. The van der Waals surface area contributed by atoms with Crippen LogP contribution in [0, 0.1) is 0 Å². The van der Waals surface area contributed by atoms with Crippen molar-refractivity contribution in [3.8, 4) is 5.69 Å².